The standard InChI is InChI=1S/C10H12N2/c1-3-5-9(4-2)10-6-11-8-12-7-10/h3-7,11H,1-2,8H2/b9-5+. The van der Waals surface area contributed by atoms with E-state index in [1.54, 1.807) is 12.2 Å². The van der Waals surface area contributed by atoms with Crippen molar-refractivity contribution in [3.8, 4) is 0 Å². The monoisotopic (exact) mass is 160 g/mol. The summed E-state index contributed by atoms with van der Waals surface area (Å²) in [4.78, 5) is 4.08. The predicted molar refractivity (Wildman–Crippen MR) is 53.1 cm³/mol. The summed E-state index contributed by atoms with van der Waals surface area (Å²) in [5.74, 6) is 0. The van der Waals surface area contributed by atoms with Crippen LogP contribution >= 0.6 is 0 Å². The molecule has 0 aromatic carbocycles. The van der Waals surface area contributed by atoms with Crippen molar-refractivity contribution in [1.29, 1.82) is 0 Å². The highest BCUT2D eigenvalue weighted by atomic mass is 15.0. The number of aliphatic imine (C=N–C) groups is 1. The lowest BCUT2D eigenvalue weighted by Gasteiger charge is -2.07. The molecule has 1 rings (SSSR count). The van der Waals surface area contributed by atoms with Crippen LogP contribution in [0.25, 0.3) is 0 Å². The smallest absolute Gasteiger partial charge is 0.107 e. The third kappa shape index (κ3) is 1.95. The van der Waals surface area contributed by atoms with Gasteiger partial charge in [0.15, 0.2) is 0 Å². The van der Waals surface area contributed by atoms with Gasteiger partial charge in [-0.3, -0.25) is 4.99 Å². The molecule has 0 amide bonds. The van der Waals surface area contributed by atoms with Crippen LogP contribution in [0.1, 0.15) is 0 Å². The van der Waals surface area contributed by atoms with E-state index >= 15 is 0 Å². The lowest BCUT2D eigenvalue weighted by Crippen LogP contribution is -2.12. The van der Waals surface area contributed by atoms with Gasteiger partial charge in [-0.15, -0.1) is 0 Å². The van der Waals surface area contributed by atoms with Crippen molar-refractivity contribution < 1.29 is 0 Å². The Kier molecular flexibility index (Phi) is 3.08. The fraction of sp³-hybridized carbons (Fsp3) is 0.100. The Balaban J connectivity index is 2.85. The lowest BCUT2D eigenvalue weighted by atomic mass is 10.1. The molecular weight excluding hydrogens is 148 g/mol. The van der Waals surface area contributed by atoms with Gasteiger partial charge in [-0.05, 0) is 5.57 Å². The van der Waals surface area contributed by atoms with Gasteiger partial charge in [0.2, 0.25) is 0 Å². The molecule has 0 saturated carbocycles. The zero-order valence-corrected chi connectivity index (χ0v) is 6.96. The van der Waals surface area contributed by atoms with Crippen LogP contribution in [0.5, 0.6) is 0 Å². The van der Waals surface area contributed by atoms with Crippen LogP contribution in [0.3, 0.4) is 0 Å². The van der Waals surface area contributed by atoms with Crippen molar-refractivity contribution >= 4 is 6.21 Å². The molecule has 0 aliphatic carbocycles. The predicted octanol–water partition coefficient (Wildman–Crippen LogP) is 1.80. The minimum atomic E-state index is 0.655. The maximum atomic E-state index is 4.08. The Bertz CT molecular complexity index is 270. The third-order valence-corrected chi connectivity index (χ3v) is 1.52. The van der Waals surface area contributed by atoms with Crippen molar-refractivity contribution in [3.05, 3.63) is 48.7 Å². The fourth-order valence-corrected chi connectivity index (χ4v) is 0.957. The number of nitrogens with one attached hydrogen (secondary N) is 1. The zero-order valence-electron chi connectivity index (χ0n) is 6.96. The molecule has 0 aromatic heterocycles. The molecule has 1 heterocycles. The molecule has 0 radical (unpaired) electrons. The van der Waals surface area contributed by atoms with Gasteiger partial charge in [0, 0.05) is 18.0 Å². The van der Waals surface area contributed by atoms with Crippen LogP contribution in [-0.2, 0) is 0 Å². The summed E-state index contributed by atoms with van der Waals surface area (Å²) in [6.45, 7) is 7.99. The van der Waals surface area contributed by atoms with Crippen molar-refractivity contribution in [1.82, 2.24) is 5.32 Å². The number of allylic oxidation sites excluding steroid dienone is 5. The molecule has 0 saturated heterocycles. The van der Waals surface area contributed by atoms with E-state index in [2.05, 4.69) is 23.5 Å². The van der Waals surface area contributed by atoms with Crippen LogP contribution in [0.2, 0.25) is 0 Å². The Morgan fingerprint density at radius 3 is 2.92 bits per heavy atom. The summed E-state index contributed by atoms with van der Waals surface area (Å²) in [6.07, 6.45) is 9.17. The molecule has 62 valence electrons. The van der Waals surface area contributed by atoms with E-state index in [0.717, 1.165) is 11.1 Å². The van der Waals surface area contributed by atoms with Gasteiger partial charge in [0.05, 0.1) is 0 Å². The van der Waals surface area contributed by atoms with Crippen molar-refractivity contribution in [2.75, 3.05) is 6.67 Å². The van der Waals surface area contributed by atoms with Crippen LogP contribution < -0.4 is 5.32 Å². The van der Waals surface area contributed by atoms with E-state index in [4.69, 9.17) is 0 Å². The minimum absolute atomic E-state index is 0.655. The highest BCUT2D eigenvalue weighted by Crippen LogP contribution is 2.09. The van der Waals surface area contributed by atoms with Gasteiger partial charge >= 0.3 is 0 Å². The summed E-state index contributed by atoms with van der Waals surface area (Å²) in [5.41, 5.74) is 2.07. The third-order valence-electron chi connectivity index (χ3n) is 1.52. The number of hydrogen-bond donors (Lipinski definition) is 1. The van der Waals surface area contributed by atoms with Crippen molar-refractivity contribution in [2.24, 2.45) is 4.99 Å². The number of nitrogens with zero attached hydrogens (tertiary/aromatic N) is 1. The largest absolute Gasteiger partial charge is 0.372 e. The number of rotatable bonds is 3. The van der Waals surface area contributed by atoms with Crippen LogP contribution in [-0.4, -0.2) is 12.9 Å². The van der Waals surface area contributed by atoms with E-state index in [0.29, 0.717) is 6.67 Å². The minimum Gasteiger partial charge on any atom is -0.372 e. The van der Waals surface area contributed by atoms with Gasteiger partial charge in [-0.25, -0.2) is 0 Å². The molecule has 0 fully saturated rings. The van der Waals surface area contributed by atoms with Gasteiger partial charge in [0.1, 0.15) is 6.67 Å². The summed E-state index contributed by atoms with van der Waals surface area (Å²) >= 11 is 0. The Hall–Kier alpha value is -1.57. The summed E-state index contributed by atoms with van der Waals surface area (Å²) in [7, 11) is 0. The summed E-state index contributed by atoms with van der Waals surface area (Å²) in [6, 6.07) is 0. The first-order valence-electron chi connectivity index (χ1n) is 3.77. The number of hydrogen-bond acceptors (Lipinski definition) is 2. The molecule has 12 heavy (non-hydrogen) atoms. The van der Waals surface area contributed by atoms with Crippen LogP contribution in [0, 0.1) is 0 Å². The first-order chi connectivity index (χ1) is 5.88. The van der Waals surface area contributed by atoms with Gasteiger partial charge < -0.3 is 5.32 Å². The Labute approximate surface area is 72.7 Å². The molecule has 1 N–H and O–H groups in total. The zero-order chi connectivity index (χ0) is 8.81. The van der Waals surface area contributed by atoms with Gasteiger partial charge in [-0.1, -0.05) is 31.4 Å². The maximum Gasteiger partial charge on any atom is 0.107 e. The van der Waals surface area contributed by atoms with E-state index < -0.39 is 0 Å². The molecule has 2 heteroatoms. The molecule has 0 unspecified atom stereocenters. The lowest BCUT2D eigenvalue weighted by molar-refractivity contribution is 0.872. The average Bonchev–Trinajstić information content (AvgIpc) is 2.15. The first kappa shape index (κ1) is 8.53. The van der Waals surface area contributed by atoms with E-state index in [1.165, 1.54) is 0 Å². The molecule has 2 nitrogen and oxygen atoms in total. The van der Waals surface area contributed by atoms with Gasteiger partial charge in [0.25, 0.3) is 0 Å². The van der Waals surface area contributed by atoms with Crippen LogP contribution in [0.15, 0.2) is 53.7 Å². The molecule has 0 bridgehead atoms. The van der Waals surface area contributed by atoms with E-state index in [-0.39, 0.29) is 0 Å². The Morgan fingerprint density at radius 2 is 2.42 bits per heavy atom. The maximum absolute atomic E-state index is 4.08. The van der Waals surface area contributed by atoms with E-state index in [9.17, 15) is 0 Å². The summed E-state index contributed by atoms with van der Waals surface area (Å²) < 4.78 is 0. The average molecular weight is 160 g/mol. The van der Waals surface area contributed by atoms with E-state index in [1.807, 2.05) is 18.5 Å². The van der Waals surface area contributed by atoms with Crippen LogP contribution in [0.4, 0.5) is 0 Å². The SMILES string of the molecule is C=C/C=C(\C=C)C1=CNCN=C1. The highest BCUT2D eigenvalue weighted by Gasteiger charge is 1.99. The quantitative estimate of drug-likeness (QED) is 0.625. The van der Waals surface area contributed by atoms with Gasteiger partial charge in [-0.2, -0.15) is 0 Å². The molecule has 0 aromatic rings. The first-order valence-corrected chi connectivity index (χ1v) is 3.77. The molecule has 1 aliphatic rings. The second-order valence-electron chi connectivity index (χ2n) is 2.34. The highest BCUT2D eigenvalue weighted by molar-refractivity contribution is 5.86. The van der Waals surface area contributed by atoms with Crippen molar-refractivity contribution in [2.45, 2.75) is 0 Å². The molecular formula is C10H12N2. The second-order valence-corrected chi connectivity index (χ2v) is 2.34. The Morgan fingerprint density at radius 1 is 1.58 bits per heavy atom. The topological polar surface area (TPSA) is 24.4 Å². The molecule has 0 spiro atoms. The van der Waals surface area contributed by atoms with Crippen molar-refractivity contribution in [3.63, 3.8) is 0 Å². The molecule has 0 atom stereocenters. The fourth-order valence-electron chi connectivity index (χ4n) is 0.957. The normalized spacial score (nSPS) is 16.3. The summed E-state index contributed by atoms with van der Waals surface area (Å²) in [5, 5.41) is 3.03. The molecule has 1 aliphatic heterocycles. The second kappa shape index (κ2) is 4.34.